The summed E-state index contributed by atoms with van der Waals surface area (Å²) in [7, 11) is 0. The van der Waals surface area contributed by atoms with Crippen molar-refractivity contribution in [2.24, 2.45) is 5.92 Å². The summed E-state index contributed by atoms with van der Waals surface area (Å²) in [5.74, 6) is 1.58. The first-order chi connectivity index (χ1) is 9.26. The highest BCUT2D eigenvalue weighted by molar-refractivity contribution is 6.29. The van der Waals surface area contributed by atoms with Gasteiger partial charge in [0, 0.05) is 13.0 Å². The zero-order valence-corrected chi connectivity index (χ0v) is 12.0. The quantitative estimate of drug-likeness (QED) is 0.810. The number of pyridine rings is 1. The van der Waals surface area contributed by atoms with Crippen molar-refractivity contribution in [3.05, 3.63) is 29.2 Å². The summed E-state index contributed by atoms with van der Waals surface area (Å²) in [5, 5.41) is 5.13. The lowest BCUT2D eigenvalue weighted by Gasteiger charge is -2.31. The second kappa shape index (κ2) is 5.47. The van der Waals surface area contributed by atoms with E-state index in [1.807, 2.05) is 18.2 Å². The molecule has 4 nitrogen and oxygen atoms in total. The number of halogens is 1. The van der Waals surface area contributed by atoms with Crippen molar-refractivity contribution >= 4 is 17.2 Å². The number of aromatic nitrogens is 3. The van der Waals surface area contributed by atoms with Gasteiger partial charge < -0.3 is 4.90 Å². The topological polar surface area (TPSA) is 33.4 Å². The lowest BCUT2D eigenvalue weighted by molar-refractivity contribution is 0.181. The van der Waals surface area contributed by atoms with Gasteiger partial charge in [-0.05, 0) is 44.0 Å². The highest BCUT2D eigenvalue weighted by Gasteiger charge is 2.20. The molecule has 0 spiro atoms. The maximum Gasteiger partial charge on any atom is 0.157 e. The fourth-order valence-electron chi connectivity index (χ4n) is 2.87. The van der Waals surface area contributed by atoms with Crippen molar-refractivity contribution in [1.29, 1.82) is 0 Å². The molecule has 0 N–H and O–H groups in total. The van der Waals surface area contributed by atoms with Crippen LogP contribution < -0.4 is 0 Å². The van der Waals surface area contributed by atoms with Gasteiger partial charge in [-0.3, -0.25) is 0 Å². The Bertz CT molecular complexity index is 566. The molecule has 1 aliphatic rings. The van der Waals surface area contributed by atoms with E-state index in [2.05, 4.69) is 21.9 Å². The van der Waals surface area contributed by atoms with E-state index in [1.54, 1.807) is 4.52 Å². The molecule has 0 aliphatic carbocycles. The number of hydrogen-bond donors (Lipinski definition) is 0. The minimum absolute atomic E-state index is 0.620. The lowest BCUT2D eigenvalue weighted by Crippen LogP contribution is -2.36. The monoisotopic (exact) mass is 278 g/mol. The Labute approximate surface area is 118 Å². The van der Waals surface area contributed by atoms with Crippen LogP contribution in [0.25, 0.3) is 5.65 Å². The van der Waals surface area contributed by atoms with Crippen LogP contribution in [0.4, 0.5) is 0 Å². The molecule has 102 valence electrons. The minimum atomic E-state index is 0.620. The van der Waals surface area contributed by atoms with Crippen molar-refractivity contribution in [3.8, 4) is 0 Å². The molecule has 0 radical (unpaired) electrons. The smallest absolute Gasteiger partial charge is 0.157 e. The molecule has 1 fully saturated rings. The third kappa shape index (κ3) is 2.74. The van der Waals surface area contributed by atoms with Crippen LogP contribution in [0.15, 0.2) is 18.2 Å². The fraction of sp³-hybridized carbons (Fsp3) is 0.571. The summed E-state index contributed by atoms with van der Waals surface area (Å²) in [6.07, 6.45) is 3.51. The standard InChI is InChI=1S/C14H19ClN4/c1-2-18-8-4-5-11(10-18)9-13-16-14-7-3-6-12(15)19(14)17-13/h3,6-7,11H,2,4-5,8-10H2,1H3. The Kier molecular flexibility index (Phi) is 3.71. The van der Waals surface area contributed by atoms with Crippen molar-refractivity contribution < 1.29 is 0 Å². The molecule has 0 amide bonds. The lowest BCUT2D eigenvalue weighted by atomic mass is 9.94. The van der Waals surface area contributed by atoms with E-state index >= 15 is 0 Å². The third-order valence-electron chi connectivity index (χ3n) is 3.88. The van der Waals surface area contributed by atoms with Gasteiger partial charge in [0.15, 0.2) is 11.5 Å². The molecular weight excluding hydrogens is 260 g/mol. The highest BCUT2D eigenvalue weighted by Crippen LogP contribution is 2.20. The summed E-state index contributed by atoms with van der Waals surface area (Å²) in [6.45, 7) is 5.77. The fourth-order valence-corrected chi connectivity index (χ4v) is 3.06. The van der Waals surface area contributed by atoms with E-state index in [0.717, 1.165) is 24.4 Å². The molecule has 1 aliphatic heterocycles. The zero-order valence-electron chi connectivity index (χ0n) is 11.2. The normalized spacial score (nSPS) is 21.1. The predicted octanol–water partition coefficient (Wildman–Crippen LogP) is 2.66. The molecule has 0 bridgehead atoms. The van der Waals surface area contributed by atoms with Crippen LogP contribution in [0.2, 0.25) is 5.15 Å². The van der Waals surface area contributed by atoms with E-state index in [4.69, 9.17) is 11.6 Å². The number of fused-ring (bicyclic) bond motifs is 1. The van der Waals surface area contributed by atoms with Crippen molar-refractivity contribution in [3.63, 3.8) is 0 Å². The summed E-state index contributed by atoms with van der Waals surface area (Å²) in [4.78, 5) is 7.08. The Balaban J connectivity index is 1.76. The van der Waals surface area contributed by atoms with Crippen LogP contribution in [-0.4, -0.2) is 39.1 Å². The molecule has 2 aromatic rings. The number of nitrogens with zero attached hydrogens (tertiary/aromatic N) is 4. The summed E-state index contributed by atoms with van der Waals surface area (Å²) in [5.41, 5.74) is 0.839. The first kappa shape index (κ1) is 12.9. The van der Waals surface area contributed by atoms with E-state index in [1.165, 1.54) is 25.9 Å². The van der Waals surface area contributed by atoms with Gasteiger partial charge in [0.2, 0.25) is 0 Å². The molecule has 1 saturated heterocycles. The molecule has 3 rings (SSSR count). The third-order valence-corrected chi connectivity index (χ3v) is 4.17. The largest absolute Gasteiger partial charge is 0.303 e. The van der Waals surface area contributed by atoms with E-state index in [9.17, 15) is 0 Å². The minimum Gasteiger partial charge on any atom is -0.303 e. The van der Waals surface area contributed by atoms with Gasteiger partial charge in [0.1, 0.15) is 5.15 Å². The SMILES string of the molecule is CCN1CCCC(Cc2nc3cccc(Cl)n3n2)C1. The van der Waals surface area contributed by atoms with Crippen LogP contribution in [-0.2, 0) is 6.42 Å². The van der Waals surface area contributed by atoms with E-state index in [0.29, 0.717) is 11.1 Å². The van der Waals surface area contributed by atoms with Crippen molar-refractivity contribution in [2.45, 2.75) is 26.2 Å². The van der Waals surface area contributed by atoms with Crippen LogP contribution in [0.1, 0.15) is 25.6 Å². The molecule has 0 aromatic carbocycles. The Hall–Kier alpha value is -1.13. The molecule has 3 heterocycles. The Morgan fingerprint density at radius 2 is 2.32 bits per heavy atom. The van der Waals surface area contributed by atoms with E-state index < -0.39 is 0 Å². The van der Waals surface area contributed by atoms with Gasteiger partial charge in [-0.25, -0.2) is 9.50 Å². The number of rotatable bonds is 3. The summed E-state index contributed by atoms with van der Waals surface area (Å²) < 4.78 is 1.72. The summed E-state index contributed by atoms with van der Waals surface area (Å²) >= 11 is 6.11. The van der Waals surface area contributed by atoms with Crippen LogP contribution >= 0.6 is 11.6 Å². The first-order valence-electron chi connectivity index (χ1n) is 6.99. The second-order valence-corrected chi connectivity index (χ2v) is 5.64. The number of likely N-dealkylation sites (tertiary alicyclic amines) is 1. The predicted molar refractivity (Wildman–Crippen MR) is 76.5 cm³/mol. The molecule has 1 atom stereocenters. The average Bonchev–Trinajstić information content (AvgIpc) is 2.83. The van der Waals surface area contributed by atoms with Crippen molar-refractivity contribution in [1.82, 2.24) is 19.5 Å². The van der Waals surface area contributed by atoms with Crippen molar-refractivity contribution in [2.75, 3.05) is 19.6 Å². The molecule has 5 heteroatoms. The maximum atomic E-state index is 6.11. The highest BCUT2D eigenvalue weighted by atomic mass is 35.5. The van der Waals surface area contributed by atoms with Gasteiger partial charge in [0.05, 0.1) is 0 Å². The summed E-state index contributed by atoms with van der Waals surface area (Å²) in [6, 6.07) is 5.70. The van der Waals surface area contributed by atoms with Gasteiger partial charge in [-0.2, -0.15) is 0 Å². The molecule has 1 unspecified atom stereocenters. The van der Waals surface area contributed by atoms with Crippen LogP contribution in [0.3, 0.4) is 0 Å². The van der Waals surface area contributed by atoms with Crippen LogP contribution in [0.5, 0.6) is 0 Å². The zero-order chi connectivity index (χ0) is 13.2. The van der Waals surface area contributed by atoms with Gasteiger partial charge >= 0.3 is 0 Å². The maximum absolute atomic E-state index is 6.11. The molecule has 19 heavy (non-hydrogen) atoms. The molecular formula is C14H19ClN4. The Morgan fingerprint density at radius 1 is 1.42 bits per heavy atom. The second-order valence-electron chi connectivity index (χ2n) is 5.25. The number of piperidine rings is 1. The Morgan fingerprint density at radius 3 is 3.11 bits per heavy atom. The van der Waals surface area contributed by atoms with Crippen LogP contribution in [0, 0.1) is 5.92 Å². The van der Waals surface area contributed by atoms with Gasteiger partial charge in [0.25, 0.3) is 0 Å². The first-order valence-corrected chi connectivity index (χ1v) is 7.36. The van der Waals surface area contributed by atoms with Gasteiger partial charge in [-0.1, -0.05) is 24.6 Å². The number of hydrogen-bond acceptors (Lipinski definition) is 3. The molecule has 2 aromatic heterocycles. The average molecular weight is 279 g/mol. The molecule has 0 saturated carbocycles. The van der Waals surface area contributed by atoms with Gasteiger partial charge in [-0.15, -0.1) is 5.10 Å². The van der Waals surface area contributed by atoms with E-state index in [-0.39, 0.29) is 0 Å².